The van der Waals surface area contributed by atoms with Crippen LogP contribution in [0.1, 0.15) is 67.6 Å². The van der Waals surface area contributed by atoms with Crippen molar-refractivity contribution >= 4 is 5.78 Å². The minimum Gasteiger partial charge on any atom is -0.508 e. The summed E-state index contributed by atoms with van der Waals surface area (Å²) in [5.74, 6) is -0.0647. The molecule has 0 spiro atoms. The molecule has 0 amide bonds. The second kappa shape index (κ2) is 10.2. The number of carbonyl (C=O) groups excluding carboxylic acids is 1. The van der Waals surface area contributed by atoms with Gasteiger partial charge in [-0.2, -0.15) is 0 Å². The Morgan fingerprint density at radius 2 is 1.94 bits per heavy atom. The molecule has 3 rings (SSSR count). The molecule has 2 aromatic rings. The molecule has 0 saturated heterocycles. The number of rotatable bonds is 10. The van der Waals surface area contributed by atoms with Crippen LogP contribution >= 0.6 is 0 Å². The van der Waals surface area contributed by atoms with Gasteiger partial charge in [-0.3, -0.25) is 4.79 Å². The third-order valence-electron chi connectivity index (χ3n) is 6.62. The Hall–Kier alpha value is -3.25. The standard InChI is InChI=1S/C29H36O6/c1-16(2)11-12-18(17(3)4)14-21-26(32)24(25(31)19-9-8-10-20(30)13-19)28-22(27(21)34-7)15-23(35-28)29(5,6)33/h8-10,13,18,23,30,32-33H,1,3,11-12,14-15H2,2,4-7H3. The minimum absolute atomic E-state index is 0.00789. The molecule has 0 aromatic heterocycles. The molecule has 2 atom stereocenters. The van der Waals surface area contributed by atoms with Crippen molar-refractivity contribution in [2.45, 2.75) is 65.1 Å². The second-order valence-corrected chi connectivity index (χ2v) is 10.1. The predicted octanol–water partition coefficient (Wildman–Crippen LogP) is 5.50. The highest BCUT2D eigenvalue weighted by molar-refractivity contribution is 6.13. The quantitative estimate of drug-likeness (QED) is 0.307. The van der Waals surface area contributed by atoms with Gasteiger partial charge in [0.25, 0.3) is 0 Å². The number of phenolic OH excluding ortho intramolecular Hbond substituents is 2. The highest BCUT2D eigenvalue weighted by Gasteiger charge is 2.41. The topological polar surface area (TPSA) is 96.2 Å². The molecule has 1 aliphatic rings. The van der Waals surface area contributed by atoms with E-state index in [1.807, 2.05) is 13.8 Å². The molecule has 3 N–H and O–H groups in total. The number of ketones is 1. The summed E-state index contributed by atoms with van der Waals surface area (Å²) >= 11 is 0. The summed E-state index contributed by atoms with van der Waals surface area (Å²) < 4.78 is 11.9. The van der Waals surface area contributed by atoms with Crippen molar-refractivity contribution in [1.82, 2.24) is 0 Å². The van der Waals surface area contributed by atoms with Crippen molar-refractivity contribution in [2.75, 3.05) is 7.11 Å². The van der Waals surface area contributed by atoms with Crippen molar-refractivity contribution in [3.63, 3.8) is 0 Å². The average molecular weight is 481 g/mol. The van der Waals surface area contributed by atoms with Crippen LogP contribution in [-0.2, 0) is 12.8 Å². The third kappa shape index (κ3) is 5.54. The normalized spacial score (nSPS) is 15.8. The van der Waals surface area contributed by atoms with Crippen LogP contribution in [-0.4, -0.2) is 39.9 Å². The van der Waals surface area contributed by atoms with Gasteiger partial charge in [-0.1, -0.05) is 29.9 Å². The summed E-state index contributed by atoms with van der Waals surface area (Å²) in [6, 6.07) is 5.97. The molecule has 0 radical (unpaired) electrons. The SMILES string of the molecule is C=C(C)CCC(Cc1c(O)c(C(=O)c2cccc(O)c2)c2c(c1OC)CC(C(C)(C)O)O2)C(=C)C. The molecule has 1 heterocycles. The first kappa shape index (κ1) is 26.4. The first-order valence-corrected chi connectivity index (χ1v) is 11.8. The zero-order valence-electron chi connectivity index (χ0n) is 21.3. The van der Waals surface area contributed by atoms with E-state index in [1.54, 1.807) is 26.0 Å². The maximum Gasteiger partial charge on any atom is 0.200 e. The van der Waals surface area contributed by atoms with Gasteiger partial charge in [0.05, 0.1) is 12.7 Å². The summed E-state index contributed by atoms with van der Waals surface area (Å²) in [5, 5.41) is 32.1. The second-order valence-electron chi connectivity index (χ2n) is 10.1. The number of benzene rings is 2. The van der Waals surface area contributed by atoms with Gasteiger partial charge in [-0.05, 0) is 65.0 Å². The van der Waals surface area contributed by atoms with Crippen molar-refractivity contribution in [3.05, 3.63) is 70.8 Å². The smallest absolute Gasteiger partial charge is 0.200 e. The number of aromatic hydroxyl groups is 2. The Bertz CT molecular complexity index is 1150. The molecular formula is C29H36O6. The molecular weight excluding hydrogens is 444 g/mol. The Labute approximate surface area is 207 Å². The fraction of sp³-hybridized carbons (Fsp3) is 0.414. The molecule has 188 valence electrons. The highest BCUT2D eigenvalue weighted by Crippen LogP contribution is 2.50. The Kier molecular flexibility index (Phi) is 7.65. The largest absolute Gasteiger partial charge is 0.508 e. The number of allylic oxidation sites excluding steroid dienone is 2. The fourth-order valence-electron chi connectivity index (χ4n) is 4.51. The van der Waals surface area contributed by atoms with Gasteiger partial charge in [0.15, 0.2) is 0 Å². The van der Waals surface area contributed by atoms with Crippen LogP contribution in [0.15, 0.2) is 48.6 Å². The number of ether oxygens (including phenoxy) is 2. The monoisotopic (exact) mass is 480 g/mol. The van der Waals surface area contributed by atoms with E-state index in [2.05, 4.69) is 13.2 Å². The van der Waals surface area contributed by atoms with Gasteiger partial charge in [-0.25, -0.2) is 0 Å². The van der Waals surface area contributed by atoms with E-state index in [0.29, 0.717) is 29.7 Å². The number of fused-ring (bicyclic) bond motifs is 1. The molecule has 6 nitrogen and oxygen atoms in total. The summed E-state index contributed by atoms with van der Waals surface area (Å²) in [6.07, 6.45) is 1.71. The van der Waals surface area contributed by atoms with Crippen LogP contribution in [0.4, 0.5) is 0 Å². The van der Waals surface area contributed by atoms with Crippen LogP contribution in [0, 0.1) is 5.92 Å². The van der Waals surface area contributed by atoms with Crippen LogP contribution in [0.25, 0.3) is 0 Å². The molecule has 6 heteroatoms. The zero-order valence-corrected chi connectivity index (χ0v) is 21.3. The van der Waals surface area contributed by atoms with E-state index in [1.165, 1.54) is 19.2 Å². The summed E-state index contributed by atoms with van der Waals surface area (Å²) in [7, 11) is 1.52. The van der Waals surface area contributed by atoms with Gasteiger partial charge < -0.3 is 24.8 Å². The molecule has 0 aliphatic carbocycles. The molecule has 35 heavy (non-hydrogen) atoms. The summed E-state index contributed by atoms with van der Waals surface area (Å²) in [6.45, 7) is 15.3. The summed E-state index contributed by atoms with van der Waals surface area (Å²) in [4.78, 5) is 13.6. The van der Waals surface area contributed by atoms with Crippen molar-refractivity contribution < 1.29 is 29.6 Å². The molecule has 0 bridgehead atoms. The maximum absolute atomic E-state index is 13.6. The van der Waals surface area contributed by atoms with E-state index in [-0.39, 0.29) is 34.3 Å². The van der Waals surface area contributed by atoms with Crippen LogP contribution < -0.4 is 9.47 Å². The molecule has 0 saturated carbocycles. The van der Waals surface area contributed by atoms with Crippen LogP contribution in [0.3, 0.4) is 0 Å². The van der Waals surface area contributed by atoms with Gasteiger partial charge in [0.1, 0.15) is 34.7 Å². The minimum atomic E-state index is -1.19. The third-order valence-corrected chi connectivity index (χ3v) is 6.62. The number of methoxy groups -OCH3 is 1. The number of hydrogen-bond donors (Lipinski definition) is 3. The van der Waals surface area contributed by atoms with Crippen molar-refractivity contribution in [1.29, 1.82) is 0 Å². The highest BCUT2D eigenvalue weighted by atomic mass is 16.5. The maximum atomic E-state index is 13.6. The number of phenols is 2. The Morgan fingerprint density at radius 3 is 2.49 bits per heavy atom. The Balaban J connectivity index is 2.21. The van der Waals surface area contributed by atoms with Crippen molar-refractivity contribution in [3.8, 4) is 23.0 Å². The number of carbonyl (C=O) groups is 1. The molecule has 2 aromatic carbocycles. The Morgan fingerprint density at radius 1 is 1.26 bits per heavy atom. The lowest BCUT2D eigenvalue weighted by Crippen LogP contribution is -2.39. The molecule has 2 unspecified atom stereocenters. The van der Waals surface area contributed by atoms with Gasteiger partial charge >= 0.3 is 0 Å². The predicted molar refractivity (Wildman–Crippen MR) is 137 cm³/mol. The molecule has 0 fully saturated rings. The van der Waals surface area contributed by atoms with Gasteiger partial charge in [0.2, 0.25) is 5.78 Å². The lowest BCUT2D eigenvalue weighted by molar-refractivity contribution is -0.0232. The van der Waals surface area contributed by atoms with Gasteiger partial charge in [-0.15, -0.1) is 6.58 Å². The van der Waals surface area contributed by atoms with E-state index in [4.69, 9.17) is 9.47 Å². The fourth-order valence-corrected chi connectivity index (χ4v) is 4.51. The first-order chi connectivity index (χ1) is 16.3. The lowest BCUT2D eigenvalue weighted by atomic mass is 9.84. The van der Waals surface area contributed by atoms with E-state index in [9.17, 15) is 20.1 Å². The van der Waals surface area contributed by atoms with E-state index in [0.717, 1.165) is 24.0 Å². The van der Waals surface area contributed by atoms with Gasteiger partial charge in [0, 0.05) is 23.1 Å². The lowest BCUT2D eigenvalue weighted by Gasteiger charge is -2.25. The molecule has 1 aliphatic heterocycles. The van der Waals surface area contributed by atoms with Crippen LogP contribution in [0.2, 0.25) is 0 Å². The van der Waals surface area contributed by atoms with Crippen LogP contribution in [0.5, 0.6) is 23.0 Å². The zero-order chi connectivity index (χ0) is 26.1. The summed E-state index contributed by atoms with van der Waals surface area (Å²) in [5.41, 5.74) is 2.19. The number of aliphatic hydroxyl groups is 1. The number of hydrogen-bond acceptors (Lipinski definition) is 6. The van der Waals surface area contributed by atoms with E-state index >= 15 is 0 Å². The average Bonchev–Trinajstić information content (AvgIpc) is 3.21. The first-order valence-electron chi connectivity index (χ1n) is 11.8. The van der Waals surface area contributed by atoms with Crippen molar-refractivity contribution in [2.24, 2.45) is 5.92 Å². The van der Waals surface area contributed by atoms with E-state index < -0.39 is 17.5 Å².